The molecule has 0 saturated carbocycles. The number of nitrogens with one attached hydrogen (secondary N) is 1. The number of aliphatic carboxylic acids is 2. The third-order valence-electron chi connectivity index (χ3n) is 2.63. The summed E-state index contributed by atoms with van der Waals surface area (Å²) in [5, 5.41) is 19.8. The number of urea groups is 1. The van der Waals surface area contributed by atoms with Crippen LogP contribution in [0.2, 0.25) is 0 Å². The molecule has 20 heavy (non-hydrogen) atoms. The van der Waals surface area contributed by atoms with Crippen LogP contribution in [-0.4, -0.2) is 77.3 Å². The van der Waals surface area contributed by atoms with E-state index in [1.807, 2.05) is 6.92 Å². The first-order chi connectivity index (χ1) is 9.40. The Hall–Kier alpha value is -1.83. The molecule has 3 N–H and O–H groups in total. The molecule has 8 nitrogen and oxygen atoms in total. The van der Waals surface area contributed by atoms with Crippen LogP contribution in [0.1, 0.15) is 20.3 Å². The van der Waals surface area contributed by atoms with Gasteiger partial charge in [0.25, 0.3) is 0 Å². The summed E-state index contributed by atoms with van der Waals surface area (Å²) in [4.78, 5) is 35.8. The van der Waals surface area contributed by atoms with Gasteiger partial charge in [-0.05, 0) is 19.5 Å². The minimum Gasteiger partial charge on any atom is -0.480 e. The Morgan fingerprint density at radius 1 is 1.00 bits per heavy atom. The molecule has 0 spiro atoms. The maximum atomic E-state index is 11.7. The molecule has 0 rings (SSSR count). The highest BCUT2D eigenvalue weighted by atomic mass is 16.4. The molecule has 0 radical (unpaired) electrons. The summed E-state index contributed by atoms with van der Waals surface area (Å²) in [6.45, 7) is 5.57. The number of carboxylic acids is 2. The monoisotopic (exact) mass is 289 g/mol. The second kappa shape index (κ2) is 10.0. The van der Waals surface area contributed by atoms with Crippen LogP contribution in [0.5, 0.6) is 0 Å². The van der Waals surface area contributed by atoms with Gasteiger partial charge in [0, 0.05) is 13.1 Å². The van der Waals surface area contributed by atoms with Gasteiger partial charge in [-0.25, -0.2) is 4.79 Å². The number of rotatable bonds is 10. The number of nitrogens with zero attached hydrogens (tertiary/aromatic N) is 2. The summed E-state index contributed by atoms with van der Waals surface area (Å²) >= 11 is 0. The lowest BCUT2D eigenvalue weighted by Crippen LogP contribution is -2.47. The largest absolute Gasteiger partial charge is 0.480 e. The number of carboxylic acid groups (broad SMARTS) is 2. The van der Waals surface area contributed by atoms with Crippen LogP contribution in [0.4, 0.5) is 4.79 Å². The van der Waals surface area contributed by atoms with E-state index in [0.717, 1.165) is 24.4 Å². The molecule has 8 heteroatoms. The highest BCUT2D eigenvalue weighted by Gasteiger charge is 2.19. The highest BCUT2D eigenvalue weighted by molar-refractivity contribution is 5.84. The Kier molecular flexibility index (Phi) is 9.10. The van der Waals surface area contributed by atoms with Gasteiger partial charge in [0.05, 0.1) is 0 Å². The molecule has 0 aromatic heterocycles. The summed E-state index contributed by atoms with van der Waals surface area (Å²) in [6.07, 6.45) is 1.01. The van der Waals surface area contributed by atoms with E-state index in [1.165, 1.54) is 0 Å². The number of carbonyl (C=O) groups is 3. The number of amides is 2. The molecular formula is C12H23N3O5. The molecule has 0 heterocycles. The fourth-order valence-electron chi connectivity index (χ4n) is 1.70. The molecule has 0 fully saturated rings. The standard InChI is InChI=1S/C12H23N3O5/c1-3-6-14(4-2)7-5-13-12(20)15(8-10(16)17)9-11(18)19/h3-9H2,1-2H3,(H,13,20)(H,16,17)(H,18,19). The van der Waals surface area contributed by atoms with Crippen molar-refractivity contribution in [3.05, 3.63) is 0 Å². The minimum absolute atomic E-state index is 0.350. The van der Waals surface area contributed by atoms with E-state index in [2.05, 4.69) is 17.1 Å². The van der Waals surface area contributed by atoms with E-state index >= 15 is 0 Å². The molecule has 0 unspecified atom stereocenters. The summed E-state index contributed by atoms with van der Waals surface area (Å²) in [7, 11) is 0. The van der Waals surface area contributed by atoms with Gasteiger partial charge in [-0.2, -0.15) is 0 Å². The van der Waals surface area contributed by atoms with Gasteiger partial charge in [-0.1, -0.05) is 13.8 Å². The van der Waals surface area contributed by atoms with Crippen molar-refractivity contribution in [2.24, 2.45) is 0 Å². The van der Waals surface area contributed by atoms with Crippen molar-refractivity contribution in [1.29, 1.82) is 0 Å². The van der Waals surface area contributed by atoms with Crippen molar-refractivity contribution in [3.63, 3.8) is 0 Å². The maximum Gasteiger partial charge on any atom is 0.323 e. The topological polar surface area (TPSA) is 110 Å². The van der Waals surface area contributed by atoms with Crippen molar-refractivity contribution in [3.8, 4) is 0 Å². The first-order valence-electron chi connectivity index (χ1n) is 6.59. The molecule has 0 aromatic carbocycles. The van der Waals surface area contributed by atoms with Crippen LogP contribution in [-0.2, 0) is 9.59 Å². The zero-order chi connectivity index (χ0) is 15.5. The lowest BCUT2D eigenvalue weighted by atomic mass is 10.4. The predicted octanol–water partition coefficient (Wildman–Crippen LogP) is -0.101. The fourth-order valence-corrected chi connectivity index (χ4v) is 1.70. The Morgan fingerprint density at radius 2 is 1.55 bits per heavy atom. The van der Waals surface area contributed by atoms with E-state index in [0.29, 0.717) is 13.1 Å². The molecular weight excluding hydrogens is 266 g/mol. The Labute approximate surface area is 118 Å². The van der Waals surface area contributed by atoms with Gasteiger partial charge in [-0.15, -0.1) is 0 Å². The first-order valence-corrected chi connectivity index (χ1v) is 6.59. The summed E-state index contributed by atoms with van der Waals surface area (Å²) in [6, 6.07) is -0.678. The van der Waals surface area contributed by atoms with E-state index < -0.39 is 31.1 Å². The van der Waals surface area contributed by atoms with Crippen molar-refractivity contribution < 1.29 is 24.6 Å². The number of hydrogen-bond donors (Lipinski definition) is 3. The molecule has 0 aliphatic carbocycles. The Balaban J connectivity index is 4.24. The van der Waals surface area contributed by atoms with Gasteiger partial charge in [0.1, 0.15) is 13.1 Å². The first kappa shape index (κ1) is 18.2. The zero-order valence-corrected chi connectivity index (χ0v) is 12.0. The van der Waals surface area contributed by atoms with E-state index in [1.54, 1.807) is 0 Å². The molecule has 116 valence electrons. The number of hydrogen-bond acceptors (Lipinski definition) is 4. The normalized spacial score (nSPS) is 10.3. The zero-order valence-electron chi connectivity index (χ0n) is 12.0. The average molecular weight is 289 g/mol. The predicted molar refractivity (Wildman–Crippen MR) is 72.6 cm³/mol. The van der Waals surface area contributed by atoms with Crippen LogP contribution < -0.4 is 5.32 Å². The van der Waals surface area contributed by atoms with Crippen LogP contribution in [0.15, 0.2) is 0 Å². The molecule has 2 amide bonds. The molecule has 0 aliphatic rings. The molecule has 0 bridgehead atoms. The summed E-state index contributed by atoms with van der Waals surface area (Å²) in [5.41, 5.74) is 0. The van der Waals surface area contributed by atoms with Gasteiger partial charge in [-0.3, -0.25) is 9.59 Å². The van der Waals surface area contributed by atoms with Gasteiger partial charge < -0.3 is 25.3 Å². The molecule has 0 atom stereocenters. The van der Waals surface area contributed by atoms with Crippen LogP contribution in [0.3, 0.4) is 0 Å². The van der Waals surface area contributed by atoms with Gasteiger partial charge in [0.15, 0.2) is 0 Å². The van der Waals surface area contributed by atoms with Crippen molar-refractivity contribution in [2.75, 3.05) is 39.3 Å². The van der Waals surface area contributed by atoms with Crippen molar-refractivity contribution in [1.82, 2.24) is 15.1 Å². The Morgan fingerprint density at radius 3 is 1.95 bits per heavy atom. The average Bonchev–Trinajstić information content (AvgIpc) is 2.35. The highest BCUT2D eigenvalue weighted by Crippen LogP contribution is 1.92. The Bertz CT molecular complexity index is 319. The van der Waals surface area contributed by atoms with Crippen molar-refractivity contribution >= 4 is 18.0 Å². The maximum absolute atomic E-state index is 11.7. The molecule has 0 aliphatic heterocycles. The van der Waals surface area contributed by atoms with Crippen LogP contribution in [0.25, 0.3) is 0 Å². The van der Waals surface area contributed by atoms with Gasteiger partial charge >= 0.3 is 18.0 Å². The van der Waals surface area contributed by atoms with E-state index in [-0.39, 0.29) is 0 Å². The lowest BCUT2D eigenvalue weighted by Gasteiger charge is -2.22. The van der Waals surface area contributed by atoms with Crippen LogP contribution in [0, 0.1) is 0 Å². The lowest BCUT2D eigenvalue weighted by molar-refractivity contribution is -0.140. The number of carbonyl (C=O) groups excluding carboxylic acids is 1. The van der Waals surface area contributed by atoms with E-state index in [4.69, 9.17) is 10.2 Å². The quantitative estimate of drug-likeness (QED) is 0.518. The summed E-state index contributed by atoms with van der Waals surface area (Å²) in [5.74, 6) is -2.50. The fraction of sp³-hybridized carbons (Fsp3) is 0.750. The van der Waals surface area contributed by atoms with Crippen molar-refractivity contribution in [2.45, 2.75) is 20.3 Å². The molecule has 0 aromatic rings. The SMILES string of the molecule is CCCN(CC)CCNC(=O)N(CC(=O)O)CC(=O)O. The van der Waals surface area contributed by atoms with E-state index in [9.17, 15) is 14.4 Å². The second-order valence-electron chi connectivity index (χ2n) is 4.31. The second-order valence-corrected chi connectivity index (χ2v) is 4.31. The summed E-state index contributed by atoms with van der Waals surface area (Å²) < 4.78 is 0. The van der Waals surface area contributed by atoms with Gasteiger partial charge in [0.2, 0.25) is 0 Å². The smallest absolute Gasteiger partial charge is 0.323 e. The number of likely N-dealkylation sites (N-methyl/N-ethyl adjacent to an activating group) is 1. The van der Waals surface area contributed by atoms with Crippen LogP contribution >= 0.6 is 0 Å². The molecule has 0 saturated heterocycles. The minimum atomic E-state index is -1.25. The third kappa shape index (κ3) is 8.30. The third-order valence-corrected chi connectivity index (χ3v) is 2.63.